The highest BCUT2D eigenvalue weighted by atomic mass is 32.2. The molecule has 1 unspecified atom stereocenters. The molecule has 0 bridgehead atoms. The Morgan fingerprint density at radius 3 is 2.76 bits per heavy atom. The largest absolute Gasteiger partial charge is 0.399 e. The van der Waals surface area contributed by atoms with Crippen LogP contribution in [-0.4, -0.2) is 9.19 Å². The number of fused-ring (bicyclic) bond motifs is 1. The number of pyridine rings is 1. The molecular weight excluding hydrogens is 280 g/mol. The molecule has 3 aromatic rings. The minimum absolute atomic E-state index is 0.456. The topological polar surface area (TPSA) is 56.0 Å². The monoisotopic (exact) mass is 296 g/mol. The van der Waals surface area contributed by atoms with Crippen molar-refractivity contribution in [2.75, 3.05) is 5.73 Å². The minimum Gasteiger partial charge on any atom is -0.399 e. The van der Waals surface area contributed by atoms with Crippen LogP contribution in [0, 0.1) is 6.92 Å². The Labute approximate surface area is 126 Å². The van der Waals surface area contributed by atoms with Gasteiger partial charge in [0.05, 0.1) is 22.1 Å². The lowest BCUT2D eigenvalue weighted by atomic mass is 10.1. The maximum atomic E-state index is 12.6. The van der Waals surface area contributed by atoms with E-state index in [0.717, 1.165) is 32.6 Å². The Morgan fingerprint density at radius 2 is 1.95 bits per heavy atom. The van der Waals surface area contributed by atoms with E-state index in [1.165, 1.54) is 0 Å². The second-order valence-corrected chi connectivity index (χ2v) is 6.45. The van der Waals surface area contributed by atoms with Crippen LogP contribution in [0.5, 0.6) is 0 Å². The summed E-state index contributed by atoms with van der Waals surface area (Å²) in [5.74, 6) is 0.456. The van der Waals surface area contributed by atoms with Crippen LogP contribution in [0.3, 0.4) is 0 Å². The molecule has 3 nitrogen and oxygen atoms in total. The third kappa shape index (κ3) is 2.81. The van der Waals surface area contributed by atoms with Gasteiger partial charge in [0.1, 0.15) is 0 Å². The molecule has 0 radical (unpaired) electrons. The molecule has 21 heavy (non-hydrogen) atoms. The summed E-state index contributed by atoms with van der Waals surface area (Å²) in [4.78, 5) is 5.21. The fraction of sp³-hybridized carbons (Fsp3) is 0.118. The zero-order valence-corrected chi connectivity index (χ0v) is 12.6. The third-order valence-corrected chi connectivity index (χ3v) is 4.86. The molecule has 0 saturated heterocycles. The van der Waals surface area contributed by atoms with E-state index in [1.54, 1.807) is 6.20 Å². The minimum atomic E-state index is -1.10. The average molecular weight is 296 g/mol. The number of aromatic nitrogens is 1. The Kier molecular flexibility index (Phi) is 3.71. The molecule has 0 saturated carbocycles. The molecule has 106 valence electrons. The fourth-order valence-corrected chi connectivity index (χ4v) is 3.51. The summed E-state index contributed by atoms with van der Waals surface area (Å²) in [7, 11) is -1.10. The van der Waals surface area contributed by atoms with Gasteiger partial charge in [0.2, 0.25) is 0 Å². The highest BCUT2D eigenvalue weighted by Crippen LogP contribution is 2.21. The Balaban J connectivity index is 1.94. The molecule has 1 atom stereocenters. The zero-order valence-electron chi connectivity index (χ0n) is 11.7. The Hall–Kier alpha value is -2.20. The summed E-state index contributed by atoms with van der Waals surface area (Å²) < 4.78 is 12.6. The summed E-state index contributed by atoms with van der Waals surface area (Å²) >= 11 is 0. The van der Waals surface area contributed by atoms with Gasteiger partial charge in [-0.3, -0.25) is 9.19 Å². The molecule has 0 fully saturated rings. The maximum Gasteiger partial charge on any atom is 0.0743 e. The quantitative estimate of drug-likeness (QED) is 0.753. The molecular formula is C17H16N2OS. The highest BCUT2D eigenvalue weighted by Gasteiger charge is 2.09. The van der Waals surface area contributed by atoms with Gasteiger partial charge in [-0.05, 0) is 42.3 Å². The van der Waals surface area contributed by atoms with Gasteiger partial charge in [0, 0.05) is 22.2 Å². The lowest BCUT2D eigenvalue weighted by Crippen LogP contribution is -2.00. The first-order chi connectivity index (χ1) is 10.1. The predicted octanol–water partition coefficient (Wildman–Crippen LogP) is 3.43. The van der Waals surface area contributed by atoms with Crippen molar-refractivity contribution in [2.45, 2.75) is 17.6 Å². The number of para-hydroxylation sites is 1. The highest BCUT2D eigenvalue weighted by molar-refractivity contribution is 7.84. The van der Waals surface area contributed by atoms with E-state index in [2.05, 4.69) is 4.98 Å². The second-order valence-electron chi connectivity index (χ2n) is 5.00. The lowest BCUT2D eigenvalue weighted by molar-refractivity contribution is 0.682. The van der Waals surface area contributed by atoms with Crippen molar-refractivity contribution in [1.82, 2.24) is 4.98 Å². The van der Waals surface area contributed by atoms with Gasteiger partial charge >= 0.3 is 0 Å². The van der Waals surface area contributed by atoms with Crippen LogP contribution in [-0.2, 0) is 16.6 Å². The van der Waals surface area contributed by atoms with Gasteiger partial charge in [-0.2, -0.15) is 0 Å². The van der Waals surface area contributed by atoms with Crippen molar-refractivity contribution < 1.29 is 4.21 Å². The summed E-state index contributed by atoms with van der Waals surface area (Å²) in [5.41, 5.74) is 9.40. The molecule has 1 aromatic heterocycles. The van der Waals surface area contributed by atoms with E-state index in [9.17, 15) is 4.21 Å². The molecule has 0 aliphatic heterocycles. The summed E-state index contributed by atoms with van der Waals surface area (Å²) in [5, 5.41) is 1.07. The molecule has 2 N–H and O–H groups in total. The second kappa shape index (κ2) is 5.66. The summed E-state index contributed by atoms with van der Waals surface area (Å²) in [6, 6.07) is 15.4. The third-order valence-electron chi connectivity index (χ3n) is 3.51. The van der Waals surface area contributed by atoms with Gasteiger partial charge in [0.25, 0.3) is 0 Å². The van der Waals surface area contributed by atoms with Crippen molar-refractivity contribution in [3.8, 4) is 0 Å². The number of aryl methyl sites for hydroxylation is 1. The normalized spacial score (nSPS) is 12.4. The number of rotatable bonds is 3. The van der Waals surface area contributed by atoms with Crippen LogP contribution in [0.1, 0.15) is 11.1 Å². The van der Waals surface area contributed by atoms with Gasteiger partial charge in [-0.25, -0.2) is 0 Å². The molecule has 0 amide bonds. The Bertz CT molecular complexity index is 825. The van der Waals surface area contributed by atoms with Crippen molar-refractivity contribution in [3.05, 3.63) is 65.9 Å². The number of hydrogen-bond donors (Lipinski definition) is 1. The zero-order chi connectivity index (χ0) is 14.8. The molecule has 0 aliphatic rings. The smallest absolute Gasteiger partial charge is 0.0743 e. The fourth-order valence-electron chi connectivity index (χ4n) is 2.30. The molecule has 2 aromatic carbocycles. The molecule has 0 aliphatic carbocycles. The van der Waals surface area contributed by atoms with E-state index in [-0.39, 0.29) is 0 Å². The van der Waals surface area contributed by atoms with Crippen LogP contribution in [0.2, 0.25) is 0 Å². The first-order valence-corrected chi connectivity index (χ1v) is 8.04. The van der Waals surface area contributed by atoms with E-state index < -0.39 is 10.8 Å². The van der Waals surface area contributed by atoms with E-state index in [4.69, 9.17) is 5.73 Å². The van der Waals surface area contributed by atoms with Crippen LogP contribution in [0.25, 0.3) is 10.9 Å². The number of nitrogens with zero attached hydrogens (tertiary/aromatic N) is 1. The van der Waals surface area contributed by atoms with Crippen LogP contribution in [0.4, 0.5) is 5.69 Å². The van der Waals surface area contributed by atoms with Crippen LogP contribution >= 0.6 is 0 Å². The predicted molar refractivity (Wildman–Crippen MR) is 87.4 cm³/mol. The maximum absolute atomic E-state index is 12.6. The number of nitrogens with two attached hydrogens (primary N) is 1. The van der Waals surface area contributed by atoms with Crippen LogP contribution < -0.4 is 5.73 Å². The molecule has 1 heterocycles. The first-order valence-electron chi connectivity index (χ1n) is 6.72. The van der Waals surface area contributed by atoms with Crippen molar-refractivity contribution in [3.63, 3.8) is 0 Å². The molecule has 3 rings (SSSR count). The average Bonchev–Trinajstić information content (AvgIpc) is 2.50. The van der Waals surface area contributed by atoms with E-state index in [0.29, 0.717) is 5.75 Å². The number of benzene rings is 2. The van der Waals surface area contributed by atoms with E-state index >= 15 is 0 Å². The lowest BCUT2D eigenvalue weighted by Gasteiger charge is -2.07. The number of anilines is 1. The molecule has 4 heteroatoms. The van der Waals surface area contributed by atoms with Crippen LogP contribution in [0.15, 0.2) is 59.6 Å². The van der Waals surface area contributed by atoms with Gasteiger partial charge in [-0.15, -0.1) is 0 Å². The van der Waals surface area contributed by atoms with E-state index in [1.807, 2.05) is 55.5 Å². The number of hydrogen-bond acceptors (Lipinski definition) is 3. The summed E-state index contributed by atoms with van der Waals surface area (Å²) in [6.45, 7) is 1.93. The van der Waals surface area contributed by atoms with Gasteiger partial charge in [0.15, 0.2) is 0 Å². The van der Waals surface area contributed by atoms with Crippen molar-refractivity contribution in [2.24, 2.45) is 0 Å². The van der Waals surface area contributed by atoms with Gasteiger partial charge in [-0.1, -0.05) is 24.3 Å². The Morgan fingerprint density at radius 1 is 1.14 bits per heavy atom. The SMILES string of the molecule is Cc1cc(S(=O)Cc2cccc3cccnc23)ccc1N. The standard InChI is InChI=1S/C17H16N2OS/c1-12-10-15(7-8-16(12)18)21(20)11-14-5-2-4-13-6-3-9-19-17(13)14/h2-10H,11,18H2,1H3. The first kappa shape index (κ1) is 13.8. The van der Waals surface area contributed by atoms with Gasteiger partial charge < -0.3 is 5.73 Å². The molecule has 0 spiro atoms. The van der Waals surface area contributed by atoms with Crippen molar-refractivity contribution >= 4 is 27.4 Å². The summed E-state index contributed by atoms with van der Waals surface area (Å²) in [6.07, 6.45) is 1.77. The number of nitrogen functional groups attached to an aromatic ring is 1. The van der Waals surface area contributed by atoms with Crippen molar-refractivity contribution in [1.29, 1.82) is 0 Å².